The van der Waals surface area contributed by atoms with Crippen LogP contribution in [0.3, 0.4) is 0 Å². The van der Waals surface area contributed by atoms with E-state index in [4.69, 9.17) is 5.11 Å². The van der Waals surface area contributed by atoms with Crippen LogP contribution in [0.15, 0.2) is 0 Å². The highest BCUT2D eigenvalue weighted by Crippen LogP contribution is 2.28. The van der Waals surface area contributed by atoms with E-state index in [0.717, 1.165) is 25.9 Å². The Morgan fingerprint density at radius 1 is 1.00 bits per heavy atom. The Balaban J connectivity index is 2.07. The molecule has 0 aliphatic heterocycles. The van der Waals surface area contributed by atoms with Crippen LogP contribution < -0.4 is 5.32 Å². The number of rotatable bonds is 7. The van der Waals surface area contributed by atoms with Crippen molar-refractivity contribution < 1.29 is 10.2 Å². The Hall–Kier alpha value is -0.120. The Labute approximate surface area is 92.9 Å². The van der Waals surface area contributed by atoms with E-state index in [2.05, 4.69) is 5.32 Å². The van der Waals surface area contributed by atoms with E-state index in [9.17, 15) is 5.11 Å². The number of unbranched alkanes of at least 4 members (excludes halogenated alkanes) is 1. The molecule has 0 aromatic heterocycles. The Morgan fingerprint density at radius 3 is 2.40 bits per heavy atom. The summed E-state index contributed by atoms with van der Waals surface area (Å²) in [5, 5.41) is 21.3. The summed E-state index contributed by atoms with van der Waals surface area (Å²) >= 11 is 0. The molecule has 90 valence electrons. The summed E-state index contributed by atoms with van der Waals surface area (Å²) < 4.78 is 0. The van der Waals surface area contributed by atoms with Crippen molar-refractivity contribution in [3.8, 4) is 0 Å². The Kier molecular flexibility index (Phi) is 6.98. The van der Waals surface area contributed by atoms with Crippen molar-refractivity contribution in [1.82, 2.24) is 5.32 Å². The molecule has 0 heterocycles. The lowest BCUT2D eigenvalue weighted by molar-refractivity contribution is 0.133. The summed E-state index contributed by atoms with van der Waals surface area (Å²) in [4.78, 5) is 0. The highest BCUT2D eigenvalue weighted by Gasteiger charge is 2.23. The van der Waals surface area contributed by atoms with Crippen molar-refractivity contribution in [1.29, 1.82) is 0 Å². The maximum Gasteiger partial charge on any atom is 0.0462 e. The highest BCUT2D eigenvalue weighted by atomic mass is 16.3. The van der Waals surface area contributed by atoms with Gasteiger partial charge in [0, 0.05) is 13.2 Å². The van der Waals surface area contributed by atoms with Gasteiger partial charge in [0.25, 0.3) is 0 Å². The average molecular weight is 215 g/mol. The van der Waals surface area contributed by atoms with Gasteiger partial charge in [0.2, 0.25) is 0 Å². The number of aliphatic hydroxyl groups excluding tert-OH is 2. The number of hydrogen-bond acceptors (Lipinski definition) is 3. The van der Waals surface area contributed by atoms with Gasteiger partial charge in [-0.2, -0.15) is 0 Å². The summed E-state index contributed by atoms with van der Waals surface area (Å²) in [5.41, 5.74) is 0. The zero-order valence-corrected chi connectivity index (χ0v) is 9.62. The molecule has 0 amide bonds. The highest BCUT2D eigenvalue weighted by molar-refractivity contribution is 4.76. The van der Waals surface area contributed by atoms with Crippen LogP contribution >= 0.6 is 0 Å². The smallest absolute Gasteiger partial charge is 0.0462 e. The second-order valence-electron chi connectivity index (χ2n) is 4.62. The van der Waals surface area contributed by atoms with Gasteiger partial charge in [0.05, 0.1) is 0 Å². The van der Waals surface area contributed by atoms with E-state index in [1.807, 2.05) is 0 Å². The van der Waals surface area contributed by atoms with Gasteiger partial charge in [-0.1, -0.05) is 12.8 Å². The molecule has 0 saturated heterocycles. The number of aliphatic hydroxyl groups is 2. The molecule has 2 unspecified atom stereocenters. The third-order valence-electron chi connectivity index (χ3n) is 3.47. The average Bonchev–Trinajstić information content (AvgIpc) is 2.29. The van der Waals surface area contributed by atoms with Crippen molar-refractivity contribution in [3.63, 3.8) is 0 Å². The Morgan fingerprint density at radius 2 is 1.73 bits per heavy atom. The van der Waals surface area contributed by atoms with Crippen LogP contribution in [0.2, 0.25) is 0 Å². The van der Waals surface area contributed by atoms with Crippen LogP contribution in [-0.2, 0) is 0 Å². The lowest BCUT2D eigenvalue weighted by atomic mass is 9.79. The molecule has 15 heavy (non-hydrogen) atoms. The first kappa shape index (κ1) is 12.9. The molecule has 3 heteroatoms. The predicted molar refractivity (Wildman–Crippen MR) is 61.7 cm³/mol. The lowest BCUT2D eigenvalue weighted by Gasteiger charge is -2.30. The molecule has 1 aliphatic rings. The molecule has 0 radical (unpaired) electrons. The van der Waals surface area contributed by atoms with E-state index < -0.39 is 0 Å². The molecule has 0 bridgehead atoms. The van der Waals surface area contributed by atoms with Crippen LogP contribution in [0, 0.1) is 11.8 Å². The van der Waals surface area contributed by atoms with E-state index in [1.165, 1.54) is 25.7 Å². The van der Waals surface area contributed by atoms with Gasteiger partial charge in [0.15, 0.2) is 0 Å². The van der Waals surface area contributed by atoms with Crippen molar-refractivity contribution >= 4 is 0 Å². The fraction of sp³-hybridized carbons (Fsp3) is 1.00. The normalized spacial score (nSPS) is 26.8. The van der Waals surface area contributed by atoms with Crippen LogP contribution in [0.4, 0.5) is 0 Å². The van der Waals surface area contributed by atoms with Gasteiger partial charge in [-0.25, -0.2) is 0 Å². The van der Waals surface area contributed by atoms with Crippen molar-refractivity contribution in [2.45, 2.75) is 38.5 Å². The third kappa shape index (κ3) is 4.96. The minimum absolute atomic E-state index is 0.296. The number of hydrogen-bond donors (Lipinski definition) is 3. The summed E-state index contributed by atoms with van der Waals surface area (Å²) in [6.07, 6.45) is 7.00. The molecular formula is C12H25NO2. The minimum Gasteiger partial charge on any atom is -0.396 e. The van der Waals surface area contributed by atoms with Gasteiger partial charge < -0.3 is 15.5 Å². The summed E-state index contributed by atoms with van der Waals surface area (Å²) in [5.74, 6) is 1.18. The maximum atomic E-state index is 9.24. The molecule has 1 saturated carbocycles. The molecule has 0 aromatic rings. The molecular weight excluding hydrogens is 190 g/mol. The minimum atomic E-state index is 0.296. The second kappa shape index (κ2) is 8.08. The molecule has 0 spiro atoms. The van der Waals surface area contributed by atoms with E-state index in [0.29, 0.717) is 25.0 Å². The maximum absolute atomic E-state index is 9.24. The first-order valence-electron chi connectivity index (χ1n) is 6.31. The van der Waals surface area contributed by atoms with Gasteiger partial charge in [-0.3, -0.25) is 0 Å². The molecule has 2 atom stereocenters. The van der Waals surface area contributed by atoms with Crippen LogP contribution in [0.1, 0.15) is 38.5 Å². The van der Waals surface area contributed by atoms with Gasteiger partial charge >= 0.3 is 0 Å². The first-order valence-corrected chi connectivity index (χ1v) is 6.31. The molecule has 1 aliphatic carbocycles. The van der Waals surface area contributed by atoms with Gasteiger partial charge in [0.1, 0.15) is 0 Å². The van der Waals surface area contributed by atoms with E-state index in [1.54, 1.807) is 0 Å². The topological polar surface area (TPSA) is 52.5 Å². The largest absolute Gasteiger partial charge is 0.396 e. The summed E-state index contributed by atoms with van der Waals surface area (Å²) in [7, 11) is 0. The molecule has 1 fully saturated rings. The fourth-order valence-corrected chi connectivity index (χ4v) is 2.44. The van der Waals surface area contributed by atoms with Crippen molar-refractivity contribution in [2.24, 2.45) is 11.8 Å². The molecule has 0 aromatic carbocycles. The lowest BCUT2D eigenvalue weighted by Crippen LogP contribution is -2.32. The summed E-state index contributed by atoms with van der Waals surface area (Å²) in [6.45, 7) is 2.68. The zero-order chi connectivity index (χ0) is 10.9. The molecule has 3 nitrogen and oxygen atoms in total. The monoisotopic (exact) mass is 215 g/mol. The van der Waals surface area contributed by atoms with E-state index in [-0.39, 0.29) is 0 Å². The Bertz CT molecular complexity index is 153. The quantitative estimate of drug-likeness (QED) is 0.558. The van der Waals surface area contributed by atoms with Crippen molar-refractivity contribution in [2.75, 3.05) is 26.3 Å². The van der Waals surface area contributed by atoms with E-state index >= 15 is 0 Å². The summed E-state index contributed by atoms with van der Waals surface area (Å²) in [6, 6.07) is 0. The van der Waals surface area contributed by atoms with Crippen LogP contribution in [0.25, 0.3) is 0 Å². The molecule has 3 N–H and O–H groups in total. The number of nitrogens with one attached hydrogen (secondary N) is 1. The zero-order valence-electron chi connectivity index (χ0n) is 9.62. The van der Waals surface area contributed by atoms with Crippen molar-refractivity contribution in [3.05, 3.63) is 0 Å². The standard InChI is InChI=1S/C12H25NO2/c14-8-4-3-7-13-9-11-5-1-2-6-12(11)10-15/h11-15H,1-10H2. The fourth-order valence-electron chi connectivity index (χ4n) is 2.44. The molecule has 1 rings (SSSR count). The van der Waals surface area contributed by atoms with Gasteiger partial charge in [-0.05, 0) is 50.6 Å². The third-order valence-corrected chi connectivity index (χ3v) is 3.47. The van der Waals surface area contributed by atoms with Gasteiger partial charge in [-0.15, -0.1) is 0 Å². The van der Waals surface area contributed by atoms with Crippen LogP contribution in [0.5, 0.6) is 0 Å². The van der Waals surface area contributed by atoms with Crippen LogP contribution in [-0.4, -0.2) is 36.5 Å². The second-order valence-corrected chi connectivity index (χ2v) is 4.62. The first-order chi connectivity index (χ1) is 7.38. The predicted octanol–water partition coefficient (Wildman–Crippen LogP) is 1.15. The SMILES string of the molecule is OCCCCNCC1CCCCC1CO.